The van der Waals surface area contributed by atoms with Crippen LogP contribution in [-0.4, -0.2) is 12.6 Å². The van der Waals surface area contributed by atoms with Crippen molar-refractivity contribution in [3.63, 3.8) is 0 Å². The number of unbranched alkanes of at least 4 members (excludes halogenated alkanes) is 1. The van der Waals surface area contributed by atoms with Crippen molar-refractivity contribution in [2.75, 3.05) is 6.54 Å². The predicted molar refractivity (Wildman–Crippen MR) is 86.9 cm³/mol. The molecule has 116 valence electrons. The van der Waals surface area contributed by atoms with Crippen LogP contribution in [0.5, 0.6) is 0 Å². The molecule has 0 radical (unpaired) electrons. The van der Waals surface area contributed by atoms with Crippen LogP contribution in [0.2, 0.25) is 0 Å². The summed E-state index contributed by atoms with van der Waals surface area (Å²) in [5.74, 6) is 2.12. The highest BCUT2D eigenvalue weighted by Gasteiger charge is 2.43. The molecule has 0 atom stereocenters. The number of rotatable bonds is 7. The monoisotopic (exact) mass is 277 g/mol. The standard InChI is InChI=1S/C19H35N/c1-2-3-6-16-11-13-19(14-12-16,15-20-18-9-10-18)17-7-4-5-8-17/h16-18,20H,2-15H2,1H3. The minimum Gasteiger partial charge on any atom is -0.313 e. The highest BCUT2D eigenvalue weighted by Crippen LogP contribution is 2.51. The van der Waals surface area contributed by atoms with Crippen molar-refractivity contribution in [1.29, 1.82) is 0 Å². The second kappa shape index (κ2) is 6.81. The minimum atomic E-state index is 0.696. The Morgan fingerprint density at radius 3 is 2.25 bits per heavy atom. The fraction of sp³-hybridized carbons (Fsp3) is 1.00. The first kappa shape index (κ1) is 14.9. The SMILES string of the molecule is CCCCC1CCC(CNC2CC2)(C2CCCC2)CC1. The first-order valence-corrected chi connectivity index (χ1v) is 9.56. The first-order chi connectivity index (χ1) is 9.82. The van der Waals surface area contributed by atoms with Crippen molar-refractivity contribution in [3.05, 3.63) is 0 Å². The first-order valence-electron chi connectivity index (χ1n) is 9.56. The van der Waals surface area contributed by atoms with Crippen LogP contribution in [0.4, 0.5) is 0 Å². The fourth-order valence-electron chi connectivity index (χ4n) is 4.94. The highest BCUT2D eigenvalue weighted by atomic mass is 15.0. The Hall–Kier alpha value is -0.0400. The Morgan fingerprint density at radius 1 is 0.950 bits per heavy atom. The molecule has 1 nitrogen and oxygen atoms in total. The van der Waals surface area contributed by atoms with Crippen LogP contribution >= 0.6 is 0 Å². The van der Waals surface area contributed by atoms with Gasteiger partial charge in [0.15, 0.2) is 0 Å². The number of nitrogens with one attached hydrogen (secondary N) is 1. The van der Waals surface area contributed by atoms with E-state index in [0.29, 0.717) is 5.41 Å². The van der Waals surface area contributed by atoms with Gasteiger partial charge in [0.25, 0.3) is 0 Å². The van der Waals surface area contributed by atoms with Gasteiger partial charge < -0.3 is 5.32 Å². The van der Waals surface area contributed by atoms with Crippen LogP contribution in [0.15, 0.2) is 0 Å². The van der Waals surface area contributed by atoms with Gasteiger partial charge in [-0.2, -0.15) is 0 Å². The summed E-state index contributed by atoms with van der Waals surface area (Å²) in [6, 6.07) is 0.895. The van der Waals surface area contributed by atoms with Gasteiger partial charge in [0, 0.05) is 12.6 Å². The normalized spacial score (nSPS) is 35.5. The van der Waals surface area contributed by atoms with Crippen molar-refractivity contribution in [1.82, 2.24) is 5.32 Å². The molecule has 3 rings (SSSR count). The van der Waals surface area contributed by atoms with Crippen LogP contribution < -0.4 is 5.32 Å². The third-order valence-corrected chi connectivity index (χ3v) is 6.61. The second-order valence-corrected chi connectivity index (χ2v) is 8.08. The molecule has 1 N–H and O–H groups in total. The van der Waals surface area contributed by atoms with E-state index in [1.165, 1.54) is 90.0 Å². The Kier molecular flexibility index (Phi) is 5.07. The molecular weight excluding hydrogens is 242 g/mol. The Morgan fingerprint density at radius 2 is 1.65 bits per heavy atom. The lowest BCUT2D eigenvalue weighted by Gasteiger charge is -2.45. The van der Waals surface area contributed by atoms with Crippen LogP contribution in [0.25, 0.3) is 0 Å². The zero-order chi connectivity index (χ0) is 13.8. The Labute approximate surface area is 126 Å². The topological polar surface area (TPSA) is 12.0 Å². The maximum Gasteiger partial charge on any atom is 0.00684 e. The van der Waals surface area contributed by atoms with E-state index in [9.17, 15) is 0 Å². The van der Waals surface area contributed by atoms with Gasteiger partial charge >= 0.3 is 0 Å². The summed E-state index contributed by atoms with van der Waals surface area (Å²) >= 11 is 0. The Bertz CT molecular complexity index is 280. The van der Waals surface area contributed by atoms with Crippen molar-refractivity contribution in [2.45, 2.75) is 96.4 Å². The van der Waals surface area contributed by atoms with E-state index < -0.39 is 0 Å². The highest BCUT2D eigenvalue weighted by molar-refractivity contribution is 4.96. The third-order valence-electron chi connectivity index (χ3n) is 6.61. The second-order valence-electron chi connectivity index (χ2n) is 8.08. The molecule has 3 aliphatic rings. The minimum absolute atomic E-state index is 0.696. The zero-order valence-electron chi connectivity index (χ0n) is 13.6. The van der Waals surface area contributed by atoms with Gasteiger partial charge in [0.2, 0.25) is 0 Å². The molecule has 0 aromatic rings. The van der Waals surface area contributed by atoms with Gasteiger partial charge in [-0.3, -0.25) is 0 Å². The molecule has 0 bridgehead atoms. The quantitative estimate of drug-likeness (QED) is 0.666. The molecule has 1 heteroatoms. The van der Waals surface area contributed by atoms with Crippen molar-refractivity contribution < 1.29 is 0 Å². The van der Waals surface area contributed by atoms with E-state index >= 15 is 0 Å². The van der Waals surface area contributed by atoms with Gasteiger partial charge in [-0.1, -0.05) is 39.0 Å². The van der Waals surface area contributed by atoms with Gasteiger partial charge in [0.1, 0.15) is 0 Å². The zero-order valence-corrected chi connectivity index (χ0v) is 13.6. The molecule has 0 aromatic carbocycles. The summed E-state index contributed by atoms with van der Waals surface area (Å²) in [6.07, 6.45) is 19.5. The van der Waals surface area contributed by atoms with E-state index in [2.05, 4.69) is 12.2 Å². The predicted octanol–water partition coefficient (Wildman–Crippen LogP) is 5.30. The lowest BCUT2D eigenvalue weighted by molar-refractivity contribution is 0.0703. The van der Waals surface area contributed by atoms with Gasteiger partial charge in [0.05, 0.1) is 0 Å². The van der Waals surface area contributed by atoms with E-state index in [0.717, 1.165) is 17.9 Å². The summed E-state index contributed by atoms with van der Waals surface area (Å²) in [7, 11) is 0. The van der Waals surface area contributed by atoms with Crippen LogP contribution in [0, 0.1) is 17.3 Å². The molecule has 0 aliphatic heterocycles. The molecule has 0 heterocycles. The van der Waals surface area contributed by atoms with E-state index in [-0.39, 0.29) is 0 Å². The van der Waals surface area contributed by atoms with Crippen LogP contribution in [-0.2, 0) is 0 Å². The van der Waals surface area contributed by atoms with Crippen molar-refractivity contribution in [2.24, 2.45) is 17.3 Å². The van der Waals surface area contributed by atoms with Crippen molar-refractivity contribution >= 4 is 0 Å². The van der Waals surface area contributed by atoms with Crippen molar-refractivity contribution in [3.8, 4) is 0 Å². The summed E-state index contributed by atoms with van der Waals surface area (Å²) in [4.78, 5) is 0. The van der Waals surface area contributed by atoms with E-state index in [1.807, 2.05) is 0 Å². The largest absolute Gasteiger partial charge is 0.313 e. The number of hydrogen-bond donors (Lipinski definition) is 1. The molecule has 0 spiro atoms. The molecule has 3 saturated carbocycles. The van der Waals surface area contributed by atoms with Crippen LogP contribution in [0.3, 0.4) is 0 Å². The Balaban J connectivity index is 1.55. The van der Waals surface area contributed by atoms with Gasteiger partial charge in [-0.05, 0) is 68.6 Å². The lowest BCUT2D eigenvalue weighted by Crippen LogP contribution is -2.43. The summed E-state index contributed by atoms with van der Waals surface area (Å²) in [6.45, 7) is 3.69. The van der Waals surface area contributed by atoms with Gasteiger partial charge in [-0.15, -0.1) is 0 Å². The van der Waals surface area contributed by atoms with E-state index in [4.69, 9.17) is 0 Å². The maximum absolute atomic E-state index is 3.90. The van der Waals surface area contributed by atoms with E-state index in [1.54, 1.807) is 0 Å². The smallest absolute Gasteiger partial charge is 0.00684 e. The molecule has 0 amide bonds. The summed E-state index contributed by atoms with van der Waals surface area (Å²) in [5.41, 5.74) is 0.696. The average Bonchev–Trinajstić information content (AvgIpc) is 3.15. The molecular formula is C19H35N. The maximum atomic E-state index is 3.90. The van der Waals surface area contributed by atoms with Gasteiger partial charge in [-0.25, -0.2) is 0 Å². The fourth-order valence-corrected chi connectivity index (χ4v) is 4.94. The van der Waals surface area contributed by atoms with Crippen LogP contribution in [0.1, 0.15) is 90.4 Å². The molecule has 0 aromatic heterocycles. The third kappa shape index (κ3) is 3.59. The molecule has 3 aliphatic carbocycles. The molecule has 0 unspecified atom stereocenters. The molecule has 0 saturated heterocycles. The lowest BCUT2D eigenvalue weighted by atomic mass is 9.62. The average molecular weight is 277 g/mol. The summed E-state index contributed by atoms with van der Waals surface area (Å²) in [5, 5.41) is 3.90. The molecule has 3 fully saturated rings. The number of hydrogen-bond acceptors (Lipinski definition) is 1. The summed E-state index contributed by atoms with van der Waals surface area (Å²) < 4.78 is 0. The molecule has 20 heavy (non-hydrogen) atoms.